The van der Waals surface area contributed by atoms with E-state index in [-0.39, 0.29) is 6.04 Å². The fourth-order valence-electron chi connectivity index (χ4n) is 2.16. The van der Waals surface area contributed by atoms with E-state index in [1.807, 2.05) is 36.4 Å². The van der Waals surface area contributed by atoms with Crippen molar-refractivity contribution in [3.8, 4) is 11.5 Å². The summed E-state index contributed by atoms with van der Waals surface area (Å²) >= 11 is 0. The number of pyridine rings is 1. The van der Waals surface area contributed by atoms with Crippen molar-refractivity contribution in [2.75, 3.05) is 0 Å². The number of hydrogen-bond donors (Lipinski definition) is 1. The summed E-state index contributed by atoms with van der Waals surface area (Å²) in [4.78, 5) is 8.95. The van der Waals surface area contributed by atoms with Gasteiger partial charge in [0.05, 0.1) is 11.6 Å². The van der Waals surface area contributed by atoms with Crippen molar-refractivity contribution >= 4 is 10.9 Å². The summed E-state index contributed by atoms with van der Waals surface area (Å²) in [7, 11) is 0. The lowest BCUT2D eigenvalue weighted by Crippen LogP contribution is -2.18. The van der Waals surface area contributed by atoms with Crippen LogP contribution in [0.15, 0.2) is 40.9 Å². The van der Waals surface area contributed by atoms with E-state index in [0.717, 1.165) is 17.3 Å². The predicted octanol–water partition coefficient (Wildman–Crippen LogP) is 3.33. The Bertz CT molecular complexity index is 753. The van der Waals surface area contributed by atoms with Gasteiger partial charge in [-0.05, 0) is 18.1 Å². The number of fused-ring (bicyclic) bond motifs is 1. The number of benzene rings is 1. The van der Waals surface area contributed by atoms with E-state index in [1.54, 1.807) is 0 Å². The standard InChI is InChI=1S/C16H18N4O/c1-3-10(2)14(17)16-19-15(20-21-16)13-9-8-11-6-4-5-7-12(11)18-13/h4-10,14H,3,17H2,1-2H3/t10-,14-/m0/s1. The highest BCUT2D eigenvalue weighted by Gasteiger charge is 2.20. The highest BCUT2D eigenvalue weighted by Crippen LogP contribution is 2.23. The van der Waals surface area contributed by atoms with Gasteiger partial charge in [0.1, 0.15) is 5.69 Å². The predicted molar refractivity (Wildman–Crippen MR) is 81.4 cm³/mol. The second kappa shape index (κ2) is 5.61. The van der Waals surface area contributed by atoms with Crippen LogP contribution in [0.2, 0.25) is 0 Å². The number of nitrogens with two attached hydrogens (primary N) is 1. The zero-order valence-corrected chi connectivity index (χ0v) is 12.2. The highest BCUT2D eigenvalue weighted by molar-refractivity contribution is 5.80. The highest BCUT2D eigenvalue weighted by atomic mass is 16.5. The average Bonchev–Trinajstić information content (AvgIpc) is 3.02. The Kier molecular flexibility index (Phi) is 3.66. The summed E-state index contributed by atoms with van der Waals surface area (Å²) in [5.41, 5.74) is 7.72. The van der Waals surface area contributed by atoms with Gasteiger partial charge >= 0.3 is 0 Å². The Hall–Kier alpha value is -2.27. The van der Waals surface area contributed by atoms with Gasteiger partial charge in [0, 0.05) is 5.39 Å². The molecule has 3 rings (SSSR count). The first-order chi connectivity index (χ1) is 10.2. The minimum atomic E-state index is -0.239. The van der Waals surface area contributed by atoms with Crippen LogP contribution in [0.4, 0.5) is 0 Å². The second-order valence-electron chi connectivity index (χ2n) is 5.26. The number of para-hydroxylation sites is 1. The third kappa shape index (κ3) is 2.64. The van der Waals surface area contributed by atoms with E-state index in [4.69, 9.17) is 10.3 Å². The van der Waals surface area contributed by atoms with Crippen molar-refractivity contribution in [1.29, 1.82) is 0 Å². The maximum absolute atomic E-state index is 6.11. The van der Waals surface area contributed by atoms with Crippen LogP contribution >= 0.6 is 0 Å². The number of nitrogens with zero attached hydrogens (tertiary/aromatic N) is 3. The Labute approximate surface area is 123 Å². The summed E-state index contributed by atoms with van der Waals surface area (Å²) in [5, 5.41) is 5.09. The monoisotopic (exact) mass is 282 g/mol. The second-order valence-corrected chi connectivity index (χ2v) is 5.26. The van der Waals surface area contributed by atoms with Gasteiger partial charge in [0.15, 0.2) is 0 Å². The van der Waals surface area contributed by atoms with Crippen molar-refractivity contribution in [2.45, 2.75) is 26.3 Å². The van der Waals surface area contributed by atoms with Gasteiger partial charge in [-0.15, -0.1) is 0 Å². The van der Waals surface area contributed by atoms with E-state index < -0.39 is 0 Å². The smallest absolute Gasteiger partial charge is 0.244 e. The molecule has 5 heteroatoms. The summed E-state index contributed by atoms with van der Waals surface area (Å²) in [6.45, 7) is 4.16. The SMILES string of the molecule is CC[C@H](C)[C@H](N)c1nc(-c2ccc3ccccc3n2)no1. The zero-order valence-electron chi connectivity index (χ0n) is 12.2. The first-order valence-corrected chi connectivity index (χ1v) is 7.14. The van der Waals surface area contributed by atoms with E-state index in [0.29, 0.717) is 23.3 Å². The van der Waals surface area contributed by atoms with Gasteiger partial charge in [-0.3, -0.25) is 0 Å². The van der Waals surface area contributed by atoms with Gasteiger partial charge in [0.2, 0.25) is 11.7 Å². The minimum absolute atomic E-state index is 0.239. The summed E-state index contributed by atoms with van der Waals surface area (Å²) < 4.78 is 5.29. The van der Waals surface area contributed by atoms with Crippen molar-refractivity contribution in [2.24, 2.45) is 11.7 Å². The third-order valence-electron chi connectivity index (χ3n) is 3.81. The average molecular weight is 282 g/mol. The zero-order chi connectivity index (χ0) is 14.8. The molecule has 2 N–H and O–H groups in total. The molecule has 108 valence electrons. The molecular weight excluding hydrogens is 264 g/mol. The largest absolute Gasteiger partial charge is 0.337 e. The molecule has 0 spiro atoms. The fraction of sp³-hybridized carbons (Fsp3) is 0.312. The molecule has 0 aliphatic carbocycles. The fourth-order valence-corrected chi connectivity index (χ4v) is 2.16. The van der Waals surface area contributed by atoms with Crippen LogP contribution in [-0.4, -0.2) is 15.1 Å². The van der Waals surface area contributed by atoms with Crippen molar-refractivity contribution < 1.29 is 4.52 Å². The van der Waals surface area contributed by atoms with Crippen LogP contribution in [0, 0.1) is 5.92 Å². The molecule has 5 nitrogen and oxygen atoms in total. The van der Waals surface area contributed by atoms with Gasteiger partial charge in [0.25, 0.3) is 0 Å². The molecule has 0 aliphatic heterocycles. The van der Waals surface area contributed by atoms with Crippen LogP contribution in [0.25, 0.3) is 22.4 Å². The van der Waals surface area contributed by atoms with E-state index in [9.17, 15) is 0 Å². The van der Waals surface area contributed by atoms with E-state index >= 15 is 0 Å². The Morgan fingerprint density at radius 3 is 2.76 bits per heavy atom. The molecule has 0 fully saturated rings. The molecule has 0 aliphatic rings. The number of aromatic nitrogens is 3. The number of hydrogen-bond acceptors (Lipinski definition) is 5. The third-order valence-corrected chi connectivity index (χ3v) is 3.81. The molecule has 2 heterocycles. The molecule has 0 saturated heterocycles. The molecule has 2 atom stereocenters. The van der Waals surface area contributed by atoms with Crippen LogP contribution < -0.4 is 5.73 Å². The van der Waals surface area contributed by atoms with Crippen LogP contribution in [-0.2, 0) is 0 Å². The van der Waals surface area contributed by atoms with Crippen molar-refractivity contribution in [3.05, 3.63) is 42.3 Å². The summed E-state index contributed by atoms with van der Waals surface area (Å²) in [6.07, 6.45) is 0.965. The molecular formula is C16H18N4O. The van der Waals surface area contributed by atoms with Gasteiger partial charge in [-0.1, -0.05) is 49.7 Å². The quantitative estimate of drug-likeness (QED) is 0.794. The maximum Gasteiger partial charge on any atom is 0.244 e. The lowest BCUT2D eigenvalue weighted by molar-refractivity contribution is 0.312. The lowest BCUT2D eigenvalue weighted by Gasteiger charge is -2.12. The summed E-state index contributed by atoms with van der Waals surface area (Å²) in [5.74, 6) is 1.24. The van der Waals surface area contributed by atoms with Gasteiger partial charge < -0.3 is 10.3 Å². The van der Waals surface area contributed by atoms with Crippen molar-refractivity contribution in [1.82, 2.24) is 15.1 Å². The Balaban J connectivity index is 1.94. The first-order valence-electron chi connectivity index (χ1n) is 7.14. The molecule has 1 aromatic carbocycles. The van der Waals surface area contributed by atoms with Crippen LogP contribution in [0.3, 0.4) is 0 Å². The molecule has 0 bridgehead atoms. The first kappa shape index (κ1) is 13.7. The van der Waals surface area contributed by atoms with Crippen LogP contribution in [0.5, 0.6) is 0 Å². The van der Waals surface area contributed by atoms with Crippen LogP contribution in [0.1, 0.15) is 32.2 Å². The normalized spacial score (nSPS) is 14.2. The Morgan fingerprint density at radius 2 is 1.95 bits per heavy atom. The molecule has 3 aromatic rings. The minimum Gasteiger partial charge on any atom is -0.337 e. The molecule has 0 saturated carbocycles. The molecule has 21 heavy (non-hydrogen) atoms. The van der Waals surface area contributed by atoms with Gasteiger partial charge in [-0.2, -0.15) is 4.98 Å². The van der Waals surface area contributed by atoms with Crippen molar-refractivity contribution in [3.63, 3.8) is 0 Å². The molecule has 0 amide bonds. The van der Waals surface area contributed by atoms with E-state index in [1.165, 1.54) is 0 Å². The molecule has 0 radical (unpaired) electrons. The molecule has 2 aromatic heterocycles. The van der Waals surface area contributed by atoms with Gasteiger partial charge in [-0.25, -0.2) is 4.98 Å². The summed E-state index contributed by atoms with van der Waals surface area (Å²) in [6, 6.07) is 11.6. The lowest BCUT2D eigenvalue weighted by atomic mass is 10.0. The maximum atomic E-state index is 6.11. The number of rotatable bonds is 4. The Morgan fingerprint density at radius 1 is 1.14 bits per heavy atom. The van der Waals surface area contributed by atoms with E-state index in [2.05, 4.69) is 29.0 Å². The molecule has 0 unspecified atom stereocenters. The topological polar surface area (TPSA) is 77.8 Å².